The SMILES string of the molecule is COc1ccc2c(c1)C(=Cc1ccncc1)CCC2. The van der Waals surface area contributed by atoms with Crippen LogP contribution in [-0.4, -0.2) is 12.1 Å². The molecule has 0 radical (unpaired) electrons. The Hall–Kier alpha value is -2.09. The molecule has 0 saturated heterocycles. The van der Waals surface area contributed by atoms with Gasteiger partial charge in [-0.1, -0.05) is 12.1 Å². The number of nitrogens with zero attached hydrogens (tertiary/aromatic N) is 1. The molecule has 1 aromatic heterocycles. The summed E-state index contributed by atoms with van der Waals surface area (Å²) in [6.07, 6.45) is 9.44. The summed E-state index contributed by atoms with van der Waals surface area (Å²) in [5.41, 5.74) is 5.36. The highest BCUT2D eigenvalue weighted by Crippen LogP contribution is 2.34. The first kappa shape index (κ1) is 12.0. The zero-order valence-electron chi connectivity index (χ0n) is 11.1. The third kappa shape index (κ3) is 2.53. The van der Waals surface area contributed by atoms with Crippen molar-refractivity contribution in [3.63, 3.8) is 0 Å². The Morgan fingerprint density at radius 1 is 1.11 bits per heavy atom. The highest BCUT2D eigenvalue weighted by atomic mass is 16.5. The summed E-state index contributed by atoms with van der Waals surface area (Å²) in [6.45, 7) is 0. The van der Waals surface area contributed by atoms with E-state index in [0.29, 0.717) is 0 Å². The number of hydrogen-bond donors (Lipinski definition) is 0. The maximum atomic E-state index is 5.34. The lowest BCUT2D eigenvalue weighted by Crippen LogP contribution is -2.02. The second-order valence-electron chi connectivity index (χ2n) is 4.83. The monoisotopic (exact) mass is 251 g/mol. The van der Waals surface area contributed by atoms with E-state index in [0.717, 1.165) is 18.6 Å². The first-order valence-electron chi connectivity index (χ1n) is 6.65. The Morgan fingerprint density at radius 3 is 2.74 bits per heavy atom. The smallest absolute Gasteiger partial charge is 0.119 e. The second-order valence-corrected chi connectivity index (χ2v) is 4.83. The fourth-order valence-corrected chi connectivity index (χ4v) is 2.61. The number of methoxy groups -OCH3 is 1. The van der Waals surface area contributed by atoms with E-state index in [2.05, 4.69) is 23.2 Å². The number of fused-ring (bicyclic) bond motifs is 1. The Kier molecular flexibility index (Phi) is 3.32. The number of hydrogen-bond acceptors (Lipinski definition) is 2. The van der Waals surface area contributed by atoms with Gasteiger partial charge in [-0.05, 0) is 65.8 Å². The van der Waals surface area contributed by atoms with Gasteiger partial charge in [0.05, 0.1) is 7.11 Å². The van der Waals surface area contributed by atoms with Gasteiger partial charge in [0.1, 0.15) is 5.75 Å². The van der Waals surface area contributed by atoms with Crippen LogP contribution in [-0.2, 0) is 6.42 Å². The minimum Gasteiger partial charge on any atom is -0.497 e. The van der Waals surface area contributed by atoms with E-state index in [-0.39, 0.29) is 0 Å². The van der Waals surface area contributed by atoms with Crippen molar-refractivity contribution in [3.8, 4) is 5.75 Å². The molecule has 0 N–H and O–H groups in total. The number of pyridine rings is 1. The molecule has 0 aliphatic heterocycles. The van der Waals surface area contributed by atoms with Crippen LogP contribution in [0, 0.1) is 0 Å². The van der Waals surface area contributed by atoms with E-state index in [1.807, 2.05) is 30.6 Å². The lowest BCUT2D eigenvalue weighted by Gasteiger charge is -2.20. The molecule has 0 spiro atoms. The van der Waals surface area contributed by atoms with Crippen LogP contribution >= 0.6 is 0 Å². The molecule has 1 heterocycles. The lowest BCUT2D eigenvalue weighted by molar-refractivity contribution is 0.414. The first-order valence-corrected chi connectivity index (χ1v) is 6.65. The average Bonchev–Trinajstić information content (AvgIpc) is 2.48. The molecular formula is C17H17NO. The maximum Gasteiger partial charge on any atom is 0.119 e. The molecule has 2 aromatic rings. The summed E-state index contributed by atoms with van der Waals surface area (Å²) in [5.74, 6) is 0.932. The van der Waals surface area contributed by atoms with Crippen LogP contribution in [0.15, 0.2) is 42.7 Å². The van der Waals surface area contributed by atoms with Gasteiger partial charge in [0.2, 0.25) is 0 Å². The van der Waals surface area contributed by atoms with Crippen LogP contribution in [0.25, 0.3) is 11.6 Å². The molecule has 1 aromatic carbocycles. The Bertz CT molecular complexity index is 602. The lowest BCUT2D eigenvalue weighted by atomic mass is 9.86. The van der Waals surface area contributed by atoms with Crippen molar-refractivity contribution >= 4 is 11.6 Å². The van der Waals surface area contributed by atoms with E-state index in [1.165, 1.54) is 28.7 Å². The van der Waals surface area contributed by atoms with Crippen molar-refractivity contribution in [1.82, 2.24) is 4.98 Å². The van der Waals surface area contributed by atoms with E-state index >= 15 is 0 Å². The fraction of sp³-hybridized carbons (Fsp3) is 0.235. The van der Waals surface area contributed by atoms with E-state index < -0.39 is 0 Å². The number of allylic oxidation sites excluding steroid dienone is 1. The molecule has 1 aliphatic carbocycles. The summed E-state index contributed by atoms with van der Waals surface area (Å²) < 4.78 is 5.34. The molecule has 0 fully saturated rings. The maximum absolute atomic E-state index is 5.34. The molecule has 0 saturated carbocycles. The van der Waals surface area contributed by atoms with Gasteiger partial charge in [0.25, 0.3) is 0 Å². The van der Waals surface area contributed by atoms with Crippen LogP contribution in [0.3, 0.4) is 0 Å². The average molecular weight is 251 g/mol. The van der Waals surface area contributed by atoms with Crippen molar-refractivity contribution in [1.29, 1.82) is 0 Å². The summed E-state index contributed by atoms with van der Waals surface area (Å²) in [5, 5.41) is 0. The third-order valence-corrected chi connectivity index (χ3v) is 3.60. The molecule has 0 unspecified atom stereocenters. The van der Waals surface area contributed by atoms with Gasteiger partial charge in [0, 0.05) is 12.4 Å². The largest absolute Gasteiger partial charge is 0.497 e. The van der Waals surface area contributed by atoms with Crippen LogP contribution < -0.4 is 4.74 Å². The fourth-order valence-electron chi connectivity index (χ4n) is 2.61. The first-order chi connectivity index (χ1) is 9.36. The van der Waals surface area contributed by atoms with Crippen LogP contribution in [0.1, 0.15) is 29.5 Å². The zero-order valence-corrected chi connectivity index (χ0v) is 11.1. The predicted molar refractivity (Wildman–Crippen MR) is 78.0 cm³/mol. The number of aromatic nitrogens is 1. The van der Waals surface area contributed by atoms with Crippen molar-refractivity contribution in [2.45, 2.75) is 19.3 Å². The molecular weight excluding hydrogens is 234 g/mol. The summed E-state index contributed by atoms with van der Waals surface area (Å²) >= 11 is 0. The minimum atomic E-state index is 0.932. The number of rotatable bonds is 2. The van der Waals surface area contributed by atoms with E-state index in [1.54, 1.807) is 7.11 Å². The van der Waals surface area contributed by atoms with Crippen molar-refractivity contribution in [2.75, 3.05) is 7.11 Å². The number of ether oxygens (including phenoxy) is 1. The molecule has 2 nitrogen and oxygen atoms in total. The van der Waals surface area contributed by atoms with Crippen LogP contribution in [0.2, 0.25) is 0 Å². The van der Waals surface area contributed by atoms with Crippen molar-refractivity contribution in [2.24, 2.45) is 0 Å². The predicted octanol–water partition coefficient (Wildman–Crippen LogP) is 3.97. The summed E-state index contributed by atoms with van der Waals surface area (Å²) in [6, 6.07) is 10.5. The Balaban J connectivity index is 2.04. The molecule has 0 atom stereocenters. The normalized spacial score (nSPS) is 16.2. The molecule has 0 amide bonds. The van der Waals surface area contributed by atoms with Crippen molar-refractivity contribution < 1.29 is 4.74 Å². The summed E-state index contributed by atoms with van der Waals surface area (Å²) in [4.78, 5) is 4.06. The molecule has 3 rings (SSSR count). The minimum absolute atomic E-state index is 0.932. The summed E-state index contributed by atoms with van der Waals surface area (Å²) in [7, 11) is 1.72. The second kappa shape index (κ2) is 5.27. The van der Waals surface area contributed by atoms with Gasteiger partial charge in [-0.2, -0.15) is 0 Å². The van der Waals surface area contributed by atoms with Gasteiger partial charge >= 0.3 is 0 Å². The molecule has 19 heavy (non-hydrogen) atoms. The quantitative estimate of drug-likeness (QED) is 0.805. The highest BCUT2D eigenvalue weighted by Gasteiger charge is 2.14. The van der Waals surface area contributed by atoms with Gasteiger partial charge in [-0.25, -0.2) is 0 Å². The molecule has 96 valence electrons. The third-order valence-electron chi connectivity index (χ3n) is 3.60. The van der Waals surface area contributed by atoms with Crippen LogP contribution in [0.4, 0.5) is 0 Å². The zero-order chi connectivity index (χ0) is 13.1. The van der Waals surface area contributed by atoms with Gasteiger partial charge in [-0.3, -0.25) is 4.98 Å². The molecule has 2 heteroatoms. The van der Waals surface area contributed by atoms with E-state index in [4.69, 9.17) is 4.74 Å². The van der Waals surface area contributed by atoms with Gasteiger partial charge in [0.15, 0.2) is 0 Å². The highest BCUT2D eigenvalue weighted by molar-refractivity contribution is 5.84. The Morgan fingerprint density at radius 2 is 1.95 bits per heavy atom. The number of benzene rings is 1. The van der Waals surface area contributed by atoms with Gasteiger partial charge in [-0.15, -0.1) is 0 Å². The van der Waals surface area contributed by atoms with E-state index in [9.17, 15) is 0 Å². The van der Waals surface area contributed by atoms with Crippen molar-refractivity contribution in [3.05, 3.63) is 59.4 Å². The topological polar surface area (TPSA) is 22.1 Å². The number of aryl methyl sites for hydroxylation is 1. The molecule has 1 aliphatic rings. The molecule has 0 bridgehead atoms. The standard InChI is InChI=1S/C17H17NO/c1-19-16-6-5-14-3-2-4-15(17(14)12-16)11-13-7-9-18-10-8-13/h5-12H,2-4H2,1H3. The Labute approximate surface area is 113 Å². The van der Waals surface area contributed by atoms with Crippen LogP contribution in [0.5, 0.6) is 5.75 Å². The van der Waals surface area contributed by atoms with Gasteiger partial charge < -0.3 is 4.74 Å².